The minimum Gasteiger partial charge on any atom is -0.386 e. The molecule has 326 valence electrons. The molecular formula is C34H47BrF3N11O6S4. The second kappa shape index (κ2) is 21.0. The van der Waals surface area contributed by atoms with Crippen molar-refractivity contribution in [3.63, 3.8) is 0 Å². The molecule has 0 radical (unpaired) electrons. The number of nitrogens with one attached hydrogen (secondary N) is 8. The fourth-order valence-electron chi connectivity index (χ4n) is 5.70. The number of nitrogens with zero attached hydrogens (tertiary/aromatic N) is 3. The number of aliphatic hydroxyl groups is 2. The van der Waals surface area contributed by atoms with E-state index >= 15 is 0 Å². The Kier molecular flexibility index (Phi) is 16.7. The predicted octanol–water partition coefficient (Wildman–Crippen LogP) is 3.00. The summed E-state index contributed by atoms with van der Waals surface area (Å²) in [6, 6.07) is 4.74. The Hall–Kier alpha value is -3.24. The van der Waals surface area contributed by atoms with E-state index in [0.29, 0.717) is 85.1 Å². The van der Waals surface area contributed by atoms with Crippen molar-refractivity contribution in [2.45, 2.75) is 53.6 Å². The summed E-state index contributed by atoms with van der Waals surface area (Å²) in [6.45, 7) is 7.96. The molecule has 0 atom stereocenters. The molecule has 6 rings (SSSR count). The van der Waals surface area contributed by atoms with E-state index in [2.05, 4.69) is 71.6 Å². The standard InChI is InChI=1S/C18H25F2N5O3S2.C16H22BrFN6O3S2/c1-12-6-15(30(27,28)25-17-24-8-16(20)29-17)13(19)7-14(12)23-5-3-2-4-21-9-18(26)10-22-11-18;17-11-5-14(29(26,27)24-15-22-10-23-28-15)12(18)6-13(11)21-4-2-1-3-19-7-16(25)8-20-9-16/h6-8,21-23,26H,2-5,9-11H2,1H3,(H,24,25);5-6,10,19-21,25H,1-4,7-9H2,(H,22,23,24). The fourth-order valence-corrected chi connectivity index (χ4v) is 10.0. The van der Waals surface area contributed by atoms with Crippen molar-refractivity contribution in [2.75, 3.05) is 85.5 Å². The highest BCUT2D eigenvalue weighted by atomic mass is 79.9. The largest absolute Gasteiger partial charge is 0.386 e. The molecule has 25 heteroatoms. The van der Waals surface area contributed by atoms with Crippen molar-refractivity contribution in [3.8, 4) is 0 Å². The van der Waals surface area contributed by atoms with E-state index in [4.69, 9.17) is 0 Å². The molecule has 2 aromatic carbocycles. The molecule has 2 aromatic heterocycles. The van der Waals surface area contributed by atoms with Crippen LogP contribution in [0.4, 0.5) is 34.8 Å². The van der Waals surface area contributed by atoms with Gasteiger partial charge in [0.15, 0.2) is 10.3 Å². The molecule has 2 fully saturated rings. The maximum Gasteiger partial charge on any atom is 0.266 e. The number of thiazole rings is 1. The van der Waals surface area contributed by atoms with E-state index in [0.717, 1.165) is 68.6 Å². The molecule has 0 amide bonds. The normalized spacial score (nSPS) is 15.6. The number of unbranched alkanes of at least 4 members (excludes halogenated alkanes) is 2. The van der Waals surface area contributed by atoms with Crippen molar-refractivity contribution in [3.05, 3.63) is 63.6 Å². The van der Waals surface area contributed by atoms with E-state index in [1.807, 2.05) is 0 Å². The Labute approximate surface area is 357 Å². The first-order valence-electron chi connectivity index (χ1n) is 18.5. The molecule has 0 unspecified atom stereocenters. The SMILES string of the molecule is Cc1cc(S(=O)(=O)Nc2ncc(F)s2)c(F)cc1NCCCCNCC1(O)CNC1.O=S(=O)(Nc1ncns1)c1cc(Br)c(NCCCCNCC2(O)CNC2)cc1F. The lowest BCUT2D eigenvalue weighted by molar-refractivity contribution is -0.00853. The second-order valence-corrected chi connectivity index (χ2v) is 20.0. The lowest BCUT2D eigenvalue weighted by Crippen LogP contribution is -2.64. The number of hydrogen-bond acceptors (Lipinski definition) is 17. The maximum atomic E-state index is 14.5. The molecule has 2 aliphatic rings. The van der Waals surface area contributed by atoms with Gasteiger partial charge in [-0.25, -0.2) is 35.6 Å². The van der Waals surface area contributed by atoms with Crippen LogP contribution in [0.3, 0.4) is 0 Å². The third kappa shape index (κ3) is 13.9. The first-order chi connectivity index (χ1) is 28.0. The molecule has 4 aromatic rings. The van der Waals surface area contributed by atoms with Crippen LogP contribution in [0.1, 0.15) is 31.2 Å². The summed E-state index contributed by atoms with van der Waals surface area (Å²) in [4.78, 5) is 6.33. The Bertz CT molecular complexity index is 2220. The number of hydrogen-bond donors (Lipinski definition) is 10. The lowest BCUT2D eigenvalue weighted by atomic mass is 9.97. The summed E-state index contributed by atoms with van der Waals surface area (Å²) in [5, 5.41) is 37.8. The van der Waals surface area contributed by atoms with E-state index in [9.17, 15) is 40.2 Å². The summed E-state index contributed by atoms with van der Waals surface area (Å²) in [7, 11) is -8.33. The van der Waals surface area contributed by atoms with Crippen LogP contribution in [0.25, 0.3) is 0 Å². The van der Waals surface area contributed by atoms with Gasteiger partial charge in [-0.15, -0.1) is 0 Å². The van der Waals surface area contributed by atoms with Gasteiger partial charge in [-0.1, -0.05) is 11.3 Å². The number of β-amino-alcohol motifs (C(OH)–C–C–N with tert-alkyl or cyclic N) is 2. The highest BCUT2D eigenvalue weighted by molar-refractivity contribution is 9.10. The predicted molar refractivity (Wildman–Crippen MR) is 226 cm³/mol. The van der Waals surface area contributed by atoms with Crippen LogP contribution in [-0.2, 0) is 20.0 Å². The lowest BCUT2D eigenvalue weighted by Gasteiger charge is -2.37. The van der Waals surface area contributed by atoms with Gasteiger partial charge in [0.05, 0.1) is 11.9 Å². The van der Waals surface area contributed by atoms with Gasteiger partial charge in [0.25, 0.3) is 20.0 Å². The van der Waals surface area contributed by atoms with Crippen LogP contribution in [0.15, 0.2) is 51.1 Å². The topological polar surface area (TPSA) is 244 Å². The van der Waals surface area contributed by atoms with E-state index in [1.54, 1.807) is 6.92 Å². The molecule has 0 spiro atoms. The zero-order valence-corrected chi connectivity index (χ0v) is 36.7. The second-order valence-electron chi connectivity index (χ2n) is 14.1. The van der Waals surface area contributed by atoms with Gasteiger partial charge in [0, 0.05) is 74.1 Å². The monoisotopic (exact) mass is 969 g/mol. The molecule has 0 aliphatic carbocycles. The highest BCUT2D eigenvalue weighted by Gasteiger charge is 2.34. The average molecular weight is 971 g/mol. The van der Waals surface area contributed by atoms with Crippen molar-refractivity contribution in [1.29, 1.82) is 0 Å². The van der Waals surface area contributed by atoms with Gasteiger partial charge in [-0.05, 0) is 91.5 Å². The summed E-state index contributed by atoms with van der Waals surface area (Å²) in [5.74, 6) is -1.77. The number of halogens is 4. The van der Waals surface area contributed by atoms with Crippen LogP contribution in [0.2, 0.25) is 0 Å². The molecular weight excluding hydrogens is 924 g/mol. The Morgan fingerprint density at radius 1 is 0.746 bits per heavy atom. The molecule has 2 saturated heterocycles. The Morgan fingerprint density at radius 2 is 1.25 bits per heavy atom. The number of benzene rings is 2. The first kappa shape index (κ1) is 46.8. The van der Waals surface area contributed by atoms with Gasteiger partial charge in [-0.3, -0.25) is 9.44 Å². The molecule has 2 aliphatic heterocycles. The van der Waals surface area contributed by atoms with Gasteiger partial charge in [-0.2, -0.15) is 8.76 Å². The van der Waals surface area contributed by atoms with Crippen molar-refractivity contribution < 1.29 is 40.2 Å². The minimum absolute atomic E-state index is 0.0667. The molecule has 10 N–H and O–H groups in total. The molecule has 17 nitrogen and oxygen atoms in total. The molecule has 4 heterocycles. The number of rotatable bonds is 22. The van der Waals surface area contributed by atoms with Crippen molar-refractivity contribution >= 4 is 80.5 Å². The third-order valence-corrected chi connectivity index (χ3v) is 14.0. The fraction of sp³-hybridized carbons (Fsp3) is 0.500. The summed E-state index contributed by atoms with van der Waals surface area (Å²) < 4.78 is 99.8. The Morgan fingerprint density at radius 3 is 1.75 bits per heavy atom. The van der Waals surface area contributed by atoms with Crippen LogP contribution < -0.4 is 41.3 Å². The van der Waals surface area contributed by atoms with E-state index in [-0.39, 0.29) is 10.3 Å². The van der Waals surface area contributed by atoms with Crippen LogP contribution in [-0.4, -0.2) is 118 Å². The van der Waals surface area contributed by atoms with Crippen LogP contribution in [0.5, 0.6) is 0 Å². The molecule has 0 saturated carbocycles. The van der Waals surface area contributed by atoms with Gasteiger partial charge >= 0.3 is 0 Å². The quantitative estimate of drug-likeness (QED) is 0.0510. The summed E-state index contributed by atoms with van der Waals surface area (Å²) in [5.41, 5.74) is 0.278. The van der Waals surface area contributed by atoms with Crippen molar-refractivity contribution in [2.24, 2.45) is 0 Å². The minimum atomic E-state index is -4.22. The number of anilines is 4. The van der Waals surface area contributed by atoms with E-state index in [1.165, 1.54) is 18.5 Å². The smallest absolute Gasteiger partial charge is 0.266 e. The Balaban J connectivity index is 0.000000224. The van der Waals surface area contributed by atoms with Crippen LogP contribution >= 0.6 is 38.8 Å². The molecule has 0 bridgehead atoms. The van der Waals surface area contributed by atoms with Crippen LogP contribution in [0, 0.1) is 23.7 Å². The van der Waals surface area contributed by atoms with Gasteiger partial charge in [0.2, 0.25) is 5.13 Å². The maximum absolute atomic E-state index is 14.5. The first-order valence-corrected chi connectivity index (χ1v) is 23.8. The van der Waals surface area contributed by atoms with Crippen molar-refractivity contribution in [1.82, 2.24) is 35.6 Å². The highest BCUT2D eigenvalue weighted by Crippen LogP contribution is 2.30. The zero-order chi connectivity index (χ0) is 42.7. The number of aromatic nitrogens is 3. The average Bonchev–Trinajstić information content (AvgIpc) is 3.82. The van der Waals surface area contributed by atoms with E-state index < -0.39 is 57.8 Å². The number of sulfonamides is 2. The van der Waals surface area contributed by atoms with Gasteiger partial charge < -0.3 is 42.1 Å². The van der Waals surface area contributed by atoms with Gasteiger partial charge in [0.1, 0.15) is 39.0 Å². The third-order valence-electron chi connectivity index (χ3n) is 9.08. The number of aryl methyl sites for hydroxylation is 1. The zero-order valence-electron chi connectivity index (χ0n) is 31.9. The summed E-state index contributed by atoms with van der Waals surface area (Å²) in [6.07, 6.45) is 5.51. The summed E-state index contributed by atoms with van der Waals surface area (Å²) >= 11 is 4.67. The molecule has 59 heavy (non-hydrogen) atoms.